The third-order valence-corrected chi connectivity index (χ3v) is 5.94. The van der Waals surface area contributed by atoms with Gasteiger partial charge in [-0.05, 0) is 12.1 Å². The van der Waals surface area contributed by atoms with Crippen LogP contribution in [0.2, 0.25) is 0 Å². The van der Waals surface area contributed by atoms with Gasteiger partial charge in [-0.3, -0.25) is 4.79 Å². The molecule has 0 amide bonds. The first-order valence-corrected chi connectivity index (χ1v) is 10.4. The first kappa shape index (κ1) is 24.6. The van der Waals surface area contributed by atoms with Crippen LogP contribution in [-0.4, -0.2) is 81.0 Å². The van der Waals surface area contributed by atoms with E-state index < -0.39 is 59.8 Å². The second-order valence-corrected chi connectivity index (χ2v) is 7.99. The van der Waals surface area contributed by atoms with Crippen molar-refractivity contribution in [3.63, 3.8) is 0 Å². The summed E-state index contributed by atoms with van der Waals surface area (Å²) in [5.74, 6) is -1.88. The van der Waals surface area contributed by atoms with Gasteiger partial charge in [0.2, 0.25) is 5.75 Å². The standard InChI is InChI=1S/C23H24O12/c1-32-13-6-10(26)16-9(25)5-12(8-3-11(27)18(28)14(4-8)33-2)34-22(16)17(13)23-21(31)20(30)19(29)15(7-24)35-23/h3-6,15,19-21,23-24,26-31H,7H2,1-2H3/t15-,19-,20+,21-,23+/m1/s1. The van der Waals surface area contributed by atoms with Gasteiger partial charge in [0.05, 0.1) is 26.4 Å². The highest BCUT2D eigenvalue weighted by Crippen LogP contribution is 2.45. The van der Waals surface area contributed by atoms with Gasteiger partial charge in [0, 0.05) is 17.7 Å². The molecular formula is C23H24O12. The van der Waals surface area contributed by atoms with E-state index in [4.69, 9.17) is 18.6 Å². The Kier molecular flexibility index (Phi) is 6.49. The highest BCUT2D eigenvalue weighted by Gasteiger charge is 2.46. The van der Waals surface area contributed by atoms with Crippen LogP contribution in [0.25, 0.3) is 22.3 Å². The molecule has 1 fully saturated rings. The molecule has 0 unspecified atom stereocenters. The van der Waals surface area contributed by atoms with Gasteiger partial charge in [-0.1, -0.05) is 0 Å². The fourth-order valence-corrected chi connectivity index (χ4v) is 4.12. The SMILES string of the molecule is COc1cc(-c2cc(=O)c3c(O)cc(OC)c([C@@H]4O[C@H](CO)[C@@H](O)[C@H](O)[C@H]4O)c3o2)cc(O)c1O. The molecule has 35 heavy (non-hydrogen) atoms. The van der Waals surface area contributed by atoms with Gasteiger partial charge in [-0.25, -0.2) is 0 Å². The lowest BCUT2D eigenvalue weighted by Gasteiger charge is -2.40. The molecule has 12 nitrogen and oxygen atoms in total. The topological polar surface area (TPSA) is 200 Å². The molecule has 4 rings (SSSR count). The molecule has 0 aliphatic carbocycles. The van der Waals surface area contributed by atoms with Crippen LogP contribution in [0.1, 0.15) is 11.7 Å². The van der Waals surface area contributed by atoms with Crippen LogP contribution in [0.5, 0.6) is 28.7 Å². The molecule has 1 saturated heterocycles. The Morgan fingerprint density at radius 1 is 0.886 bits per heavy atom. The second kappa shape index (κ2) is 9.24. The summed E-state index contributed by atoms with van der Waals surface area (Å²) in [7, 11) is 2.51. The zero-order valence-electron chi connectivity index (χ0n) is 18.6. The smallest absolute Gasteiger partial charge is 0.200 e. The number of benzene rings is 2. The number of phenols is 3. The zero-order valence-corrected chi connectivity index (χ0v) is 18.6. The summed E-state index contributed by atoms with van der Waals surface area (Å²) in [5.41, 5.74) is -0.941. The van der Waals surface area contributed by atoms with Gasteiger partial charge in [0.25, 0.3) is 0 Å². The van der Waals surface area contributed by atoms with E-state index in [-0.39, 0.29) is 39.4 Å². The van der Waals surface area contributed by atoms with E-state index in [0.29, 0.717) is 0 Å². The number of hydrogen-bond donors (Lipinski definition) is 7. The molecule has 1 aromatic heterocycles. The van der Waals surface area contributed by atoms with Crippen molar-refractivity contribution in [3.05, 3.63) is 40.1 Å². The van der Waals surface area contributed by atoms with Gasteiger partial charge >= 0.3 is 0 Å². The Balaban J connectivity index is 2.01. The second-order valence-electron chi connectivity index (χ2n) is 7.99. The summed E-state index contributed by atoms with van der Waals surface area (Å²) in [6.07, 6.45) is -7.81. The Bertz CT molecular complexity index is 1310. The minimum Gasteiger partial charge on any atom is -0.507 e. The number of hydrogen-bond acceptors (Lipinski definition) is 12. The van der Waals surface area contributed by atoms with Gasteiger partial charge < -0.3 is 54.4 Å². The molecule has 2 heterocycles. The van der Waals surface area contributed by atoms with E-state index in [1.54, 1.807) is 0 Å². The normalized spacial score (nSPS) is 24.5. The summed E-state index contributed by atoms with van der Waals surface area (Å²) < 4.78 is 21.9. The van der Waals surface area contributed by atoms with Crippen LogP contribution in [-0.2, 0) is 4.74 Å². The molecule has 12 heteroatoms. The summed E-state index contributed by atoms with van der Waals surface area (Å²) in [6.45, 7) is -0.693. The zero-order chi connectivity index (χ0) is 25.6. The fraction of sp³-hybridized carbons (Fsp3) is 0.348. The largest absolute Gasteiger partial charge is 0.507 e. The predicted molar refractivity (Wildman–Crippen MR) is 119 cm³/mol. The number of aliphatic hydroxyl groups is 4. The molecule has 7 N–H and O–H groups in total. The lowest BCUT2D eigenvalue weighted by molar-refractivity contribution is -0.231. The van der Waals surface area contributed by atoms with Crippen LogP contribution in [0.4, 0.5) is 0 Å². The fourth-order valence-electron chi connectivity index (χ4n) is 4.12. The Morgan fingerprint density at radius 2 is 1.57 bits per heavy atom. The predicted octanol–water partition coefficient (Wildman–Crippen LogP) is 0.109. The summed E-state index contributed by atoms with van der Waals surface area (Å²) in [5, 5.41) is 70.8. The van der Waals surface area contributed by atoms with Gasteiger partial charge in [0.1, 0.15) is 53.2 Å². The van der Waals surface area contributed by atoms with Crippen molar-refractivity contribution in [2.75, 3.05) is 20.8 Å². The van der Waals surface area contributed by atoms with Gasteiger partial charge in [0.15, 0.2) is 22.5 Å². The average molecular weight is 492 g/mol. The summed E-state index contributed by atoms with van der Waals surface area (Å²) >= 11 is 0. The van der Waals surface area contributed by atoms with Crippen LogP contribution in [0.3, 0.4) is 0 Å². The van der Waals surface area contributed by atoms with Crippen LogP contribution in [0.15, 0.2) is 33.5 Å². The molecule has 0 bridgehead atoms. The van der Waals surface area contributed by atoms with E-state index >= 15 is 0 Å². The van der Waals surface area contributed by atoms with Crippen molar-refractivity contribution in [3.8, 4) is 40.1 Å². The van der Waals surface area contributed by atoms with E-state index in [0.717, 1.165) is 18.2 Å². The van der Waals surface area contributed by atoms with Crippen molar-refractivity contribution in [2.24, 2.45) is 0 Å². The molecule has 0 spiro atoms. The first-order chi connectivity index (χ1) is 16.6. The Labute approximate surface area is 197 Å². The third kappa shape index (κ3) is 4.00. The minimum absolute atomic E-state index is 0.0777. The number of aromatic hydroxyl groups is 3. The number of methoxy groups -OCH3 is 2. The van der Waals surface area contributed by atoms with Crippen molar-refractivity contribution in [1.82, 2.24) is 0 Å². The van der Waals surface area contributed by atoms with E-state index in [2.05, 4.69) is 0 Å². The number of aliphatic hydroxyl groups excluding tert-OH is 4. The molecule has 188 valence electrons. The average Bonchev–Trinajstić information content (AvgIpc) is 2.84. The van der Waals surface area contributed by atoms with E-state index in [1.165, 1.54) is 20.3 Å². The maximum absolute atomic E-state index is 13.0. The summed E-state index contributed by atoms with van der Waals surface area (Å²) in [6, 6.07) is 4.56. The highest BCUT2D eigenvalue weighted by molar-refractivity contribution is 5.90. The lowest BCUT2D eigenvalue weighted by atomic mass is 9.89. The molecule has 0 saturated carbocycles. The van der Waals surface area contributed by atoms with Gasteiger partial charge in [-0.2, -0.15) is 0 Å². The monoisotopic (exact) mass is 492 g/mol. The molecule has 5 atom stereocenters. The molecule has 2 aromatic carbocycles. The van der Waals surface area contributed by atoms with Crippen molar-refractivity contribution < 1.29 is 54.4 Å². The van der Waals surface area contributed by atoms with Crippen molar-refractivity contribution in [1.29, 1.82) is 0 Å². The van der Waals surface area contributed by atoms with Crippen LogP contribution < -0.4 is 14.9 Å². The molecule has 3 aromatic rings. The first-order valence-electron chi connectivity index (χ1n) is 10.4. The molecule has 0 radical (unpaired) electrons. The van der Waals surface area contributed by atoms with E-state index in [9.17, 15) is 40.5 Å². The Morgan fingerprint density at radius 3 is 2.20 bits per heavy atom. The summed E-state index contributed by atoms with van der Waals surface area (Å²) in [4.78, 5) is 13.0. The Hall–Kier alpha value is -3.55. The van der Waals surface area contributed by atoms with Crippen LogP contribution in [0, 0.1) is 0 Å². The van der Waals surface area contributed by atoms with Gasteiger partial charge in [-0.15, -0.1) is 0 Å². The highest BCUT2D eigenvalue weighted by atomic mass is 16.5. The van der Waals surface area contributed by atoms with E-state index in [1.807, 2.05) is 0 Å². The lowest BCUT2D eigenvalue weighted by Crippen LogP contribution is -2.55. The number of fused-ring (bicyclic) bond motifs is 1. The van der Waals surface area contributed by atoms with Crippen molar-refractivity contribution in [2.45, 2.75) is 30.5 Å². The molecular weight excluding hydrogens is 468 g/mol. The number of rotatable bonds is 5. The van der Waals surface area contributed by atoms with Crippen LogP contribution >= 0.6 is 0 Å². The minimum atomic E-state index is -1.73. The number of phenolic OH excluding ortho intramolecular Hbond substituents is 3. The molecule has 1 aliphatic heterocycles. The quantitative estimate of drug-likeness (QED) is 0.238. The molecule has 1 aliphatic rings. The number of ether oxygens (including phenoxy) is 3. The maximum atomic E-state index is 13.0. The third-order valence-electron chi connectivity index (χ3n) is 5.94. The maximum Gasteiger partial charge on any atom is 0.200 e. The van der Waals surface area contributed by atoms with Crippen molar-refractivity contribution >= 4 is 11.0 Å².